The zero-order valence-corrected chi connectivity index (χ0v) is 10.7. The van der Waals surface area contributed by atoms with E-state index in [9.17, 15) is 5.11 Å². The minimum atomic E-state index is -0.302. The molecule has 1 heteroatoms. The second-order valence-electron chi connectivity index (χ2n) is 5.96. The van der Waals surface area contributed by atoms with Crippen molar-refractivity contribution in [1.29, 1.82) is 0 Å². The first kappa shape index (κ1) is 11.9. The van der Waals surface area contributed by atoms with E-state index >= 15 is 0 Å². The number of allylic oxidation sites excluding steroid dienone is 1. The minimum absolute atomic E-state index is 0.288. The van der Waals surface area contributed by atoms with Gasteiger partial charge in [0, 0.05) is 5.92 Å². The summed E-state index contributed by atoms with van der Waals surface area (Å²) in [6, 6.07) is 0. The molecular formula is C15H24O. The maximum absolute atomic E-state index is 10.2. The van der Waals surface area contributed by atoms with E-state index in [1.54, 1.807) is 0 Å². The SMILES string of the molecule is C=C(C)[C@H]1[C@@H]2C[C@@H](C)CC[C@H]2C(C)=C[C@H]1O. The summed E-state index contributed by atoms with van der Waals surface area (Å²) in [6.45, 7) is 10.7. The van der Waals surface area contributed by atoms with Crippen LogP contribution in [-0.2, 0) is 0 Å². The van der Waals surface area contributed by atoms with E-state index in [1.165, 1.54) is 24.8 Å². The van der Waals surface area contributed by atoms with Gasteiger partial charge in [-0.2, -0.15) is 0 Å². The quantitative estimate of drug-likeness (QED) is 0.670. The van der Waals surface area contributed by atoms with Crippen molar-refractivity contribution in [3.8, 4) is 0 Å². The standard InChI is InChI=1S/C15H24O/c1-9(2)15-13-7-10(3)5-6-12(13)11(4)8-14(15)16/h8,10,12-16H,1,5-7H2,2-4H3/t10-,12-,13+,14+,15-/m0/s1. The molecule has 0 radical (unpaired) electrons. The third-order valence-corrected chi connectivity index (χ3v) is 4.58. The Kier molecular flexibility index (Phi) is 3.25. The number of fused-ring (bicyclic) bond motifs is 1. The van der Waals surface area contributed by atoms with Gasteiger partial charge in [0.15, 0.2) is 0 Å². The van der Waals surface area contributed by atoms with Gasteiger partial charge in [-0.25, -0.2) is 0 Å². The third kappa shape index (κ3) is 1.98. The summed E-state index contributed by atoms with van der Waals surface area (Å²) in [5.74, 6) is 2.42. The largest absolute Gasteiger partial charge is 0.388 e. The molecule has 1 fully saturated rings. The van der Waals surface area contributed by atoms with Crippen LogP contribution in [0.2, 0.25) is 0 Å². The fraction of sp³-hybridized carbons (Fsp3) is 0.733. The number of hydrogen-bond donors (Lipinski definition) is 1. The number of aliphatic hydroxyl groups is 1. The van der Waals surface area contributed by atoms with E-state index in [1.807, 2.05) is 0 Å². The molecule has 2 rings (SSSR count). The van der Waals surface area contributed by atoms with Crippen molar-refractivity contribution in [2.45, 2.75) is 46.1 Å². The molecule has 0 spiro atoms. The van der Waals surface area contributed by atoms with Gasteiger partial charge in [-0.05, 0) is 44.4 Å². The second kappa shape index (κ2) is 4.37. The molecule has 90 valence electrons. The fourth-order valence-corrected chi connectivity index (χ4v) is 3.79. The molecule has 0 saturated heterocycles. The average molecular weight is 220 g/mol. The second-order valence-corrected chi connectivity index (χ2v) is 5.96. The lowest BCUT2D eigenvalue weighted by atomic mass is 9.61. The lowest BCUT2D eigenvalue weighted by Crippen LogP contribution is -2.40. The first-order chi connectivity index (χ1) is 7.50. The maximum atomic E-state index is 10.2. The van der Waals surface area contributed by atoms with Crippen LogP contribution in [0.4, 0.5) is 0 Å². The molecule has 1 nitrogen and oxygen atoms in total. The normalized spacial score (nSPS) is 43.5. The molecule has 0 bridgehead atoms. The summed E-state index contributed by atoms with van der Waals surface area (Å²) in [6.07, 6.45) is 5.65. The molecule has 0 amide bonds. The van der Waals surface area contributed by atoms with E-state index in [0.29, 0.717) is 11.8 Å². The summed E-state index contributed by atoms with van der Waals surface area (Å²) in [5.41, 5.74) is 2.56. The molecule has 2 aliphatic carbocycles. The summed E-state index contributed by atoms with van der Waals surface area (Å²) in [4.78, 5) is 0. The van der Waals surface area contributed by atoms with Crippen molar-refractivity contribution in [1.82, 2.24) is 0 Å². The summed E-state index contributed by atoms with van der Waals surface area (Å²) in [5, 5.41) is 10.2. The Morgan fingerprint density at radius 3 is 2.75 bits per heavy atom. The topological polar surface area (TPSA) is 20.2 Å². The van der Waals surface area contributed by atoms with E-state index in [0.717, 1.165) is 11.5 Å². The van der Waals surface area contributed by atoms with Gasteiger partial charge in [0.1, 0.15) is 0 Å². The van der Waals surface area contributed by atoms with Gasteiger partial charge in [-0.3, -0.25) is 0 Å². The predicted octanol–water partition coefficient (Wildman–Crippen LogP) is 3.55. The van der Waals surface area contributed by atoms with Crippen molar-refractivity contribution in [3.63, 3.8) is 0 Å². The zero-order chi connectivity index (χ0) is 11.9. The van der Waals surface area contributed by atoms with Gasteiger partial charge in [-0.1, -0.05) is 37.1 Å². The van der Waals surface area contributed by atoms with Crippen LogP contribution in [-0.4, -0.2) is 11.2 Å². The summed E-state index contributed by atoms with van der Waals surface area (Å²) in [7, 11) is 0. The molecular weight excluding hydrogens is 196 g/mol. The van der Waals surface area contributed by atoms with Gasteiger partial charge < -0.3 is 5.11 Å². The monoisotopic (exact) mass is 220 g/mol. The van der Waals surface area contributed by atoms with Crippen LogP contribution in [0.1, 0.15) is 40.0 Å². The number of aliphatic hydroxyl groups excluding tert-OH is 1. The van der Waals surface area contributed by atoms with Gasteiger partial charge in [-0.15, -0.1) is 0 Å². The highest BCUT2D eigenvalue weighted by molar-refractivity contribution is 5.21. The van der Waals surface area contributed by atoms with Gasteiger partial charge in [0.2, 0.25) is 0 Å². The van der Waals surface area contributed by atoms with Crippen LogP contribution in [0.3, 0.4) is 0 Å². The maximum Gasteiger partial charge on any atom is 0.0791 e. The predicted molar refractivity (Wildman–Crippen MR) is 68.1 cm³/mol. The molecule has 2 aliphatic rings. The first-order valence-corrected chi connectivity index (χ1v) is 6.52. The van der Waals surface area contributed by atoms with Crippen molar-refractivity contribution in [2.75, 3.05) is 0 Å². The lowest BCUT2D eigenvalue weighted by molar-refractivity contribution is 0.0630. The molecule has 0 aromatic heterocycles. The van der Waals surface area contributed by atoms with Crippen LogP contribution in [0, 0.1) is 23.7 Å². The van der Waals surface area contributed by atoms with Gasteiger partial charge in [0.05, 0.1) is 6.10 Å². The van der Waals surface area contributed by atoms with Gasteiger partial charge >= 0.3 is 0 Å². The van der Waals surface area contributed by atoms with E-state index in [-0.39, 0.29) is 12.0 Å². The Labute approximate surface area is 99.3 Å². The molecule has 0 unspecified atom stereocenters. The highest BCUT2D eigenvalue weighted by Gasteiger charge is 2.41. The Bertz CT molecular complexity index is 315. The molecule has 5 atom stereocenters. The molecule has 0 heterocycles. The molecule has 0 aliphatic heterocycles. The Hall–Kier alpha value is -0.560. The summed E-state index contributed by atoms with van der Waals surface area (Å²) >= 11 is 0. The molecule has 1 saturated carbocycles. The van der Waals surface area contributed by atoms with Crippen molar-refractivity contribution < 1.29 is 5.11 Å². The summed E-state index contributed by atoms with van der Waals surface area (Å²) < 4.78 is 0. The Morgan fingerprint density at radius 2 is 2.12 bits per heavy atom. The minimum Gasteiger partial charge on any atom is -0.388 e. The van der Waals surface area contributed by atoms with E-state index < -0.39 is 0 Å². The van der Waals surface area contributed by atoms with Gasteiger partial charge in [0.25, 0.3) is 0 Å². The highest BCUT2D eigenvalue weighted by Crippen LogP contribution is 2.47. The zero-order valence-electron chi connectivity index (χ0n) is 10.7. The average Bonchev–Trinajstić information content (AvgIpc) is 2.15. The highest BCUT2D eigenvalue weighted by atomic mass is 16.3. The molecule has 0 aromatic rings. The van der Waals surface area contributed by atoms with Crippen molar-refractivity contribution in [3.05, 3.63) is 23.8 Å². The van der Waals surface area contributed by atoms with Crippen LogP contribution in [0.5, 0.6) is 0 Å². The van der Waals surface area contributed by atoms with E-state index in [2.05, 4.69) is 33.4 Å². The number of rotatable bonds is 1. The third-order valence-electron chi connectivity index (χ3n) is 4.58. The Morgan fingerprint density at radius 1 is 1.44 bits per heavy atom. The van der Waals surface area contributed by atoms with Crippen LogP contribution >= 0.6 is 0 Å². The molecule has 1 N–H and O–H groups in total. The smallest absolute Gasteiger partial charge is 0.0791 e. The van der Waals surface area contributed by atoms with Crippen LogP contribution in [0.15, 0.2) is 23.8 Å². The fourth-order valence-electron chi connectivity index (χ4n) is 3.79. The van der Waals surface area contributed by atoms with E-state index in [4.69, 9.17) is 0 Å². The van der Waals surface area contributed by atoms with Crippen molar-refractivity contribution >= 4 is 0 Å². The van der Waals surface area contributed by atoms with Crippen LogP contribution in [0.25, 0.3) is 0 Å². The molecule has 16 heavy (non-hydrogen) atoms. The molecule has 0 aromatic carbocycles. The van der Waals surface area contributed by atoms with Crippen LogP contribution < -0.4 is 0 Å². The lowest BCUT2D eigenvalue weighted by Gasteiger charge is -2.45. The Balaban J connectivity index is 2.29. The van der Waals surface area contributed by atoms with Crippen molar-refractivity contribution in [2.24, 2.45) is 23.7 Å². The number of hydrogen-bond acceptors (Lipinski definition) is 1. The first-order valence-electron chi connectivity index (χ1n) is 6.52.